The quantitative estimate of drug-likeness (QED) is 0.558. The van der Waals surface area contributed by atoms with Gasteiger partial charge in [-0.25, -0.2) is 0 Å². The van der Waals surface area contributed by atoms with E-state index in [4.69, 9.17) is 29.9 Å². The molecule has 9 heteroatoms. The summed E-state index contributed by atoms with van der Waals surface area (Å²) in [5.41, 5.74) is 0.377. The Hall–Kier alpha value is -3.00. The Balaban J connectivity index is 1.84. The van der Waals surface area contributed by atoms with Crippen molar-refractivity contribution in [1.82, 2.24) is 15.1 Å². The van der Waals surface area contributed by atoms with Crippen LogP contribution in [0.2, 0.25) is 5.02 Å². The molecule has 0 radical (unpaired) electrons. The third-order valence-electron chi connectivity index (χ3n) is 3.99. The van der Waals surface area contributed by atoms with Gasteiger partial charge in [0.1, 0.15) is 0 Å². The monoisotopic (exact) mass is 405 g/mol. The minimum Gasteiger partial charge on any atom is -0.493 e. The molecule has 0 N–H and O–H groups in total. The first-order valence-corrected chi connectivity index (χ1v) is 9.02. The molecule has 0 unspecified atom stereocenters. The second-order valence-electron chi connectivity index (χ2n) is 5.90. The minimum absolute atomic E-state index is 0.159. The van der Waals surface area contributed by atoms with Gasteiger partial charge in [-0.2, -0.15) is 0 Å². The second kappa shape index (κ2) is 8.79. The SMILES string of the molecule is CCCN(Cc1nnc(-c2ccco2)o1)C(=O)c1cc(Cl)c(OC)c(OC)c1. The van der Waals surface area contributed by atoms with E-state index >= 15 is 0 Å². The van der Waals surface area contributed by atoms with Gasteiger partial charge in [0.15, 0.2) is 17.3 Å². The van der Waals surface area contributed by atoms with Crippen LogP contribution in [0.15, 0.2) is 39.4 Å². The first-order valence-electron chi connectivity index (χ1n) is 8.64. The van der Waals surface area contributed by atoms with Crippen LogP contribution in [0.25, 0.3) is 11.7 Å². The summed E-state index contributed by atoms with van der Waals surface area (Å²) in [6.07, 6.45) is 2.28. The van der Waals surface area contributed by atoms with Crippen LogP contribution in [-0.4, -0.2) is 41.8 Å². The molecule has 28 heavy (non-hydrogen) atoms. The van der Waals surface area contributed by atoms with E-state index in [-0.39, 0.29) is 18.3 Å². The molecule has 0 aliphatic carbocycles. The highest BCUT2D eigenvalue weighted by molar-refractivity contribution is 6.32. The van der Waals surface area contributed by atoms with Gasteiger partial charge in [-0.1, -0.05) is 18.5 Å². The predicted octanol–water partition coefficient (Wildman–Crippen LogP) is 4.05. The zero-order chi connectivity index (χ0) is 20.1. The van der Waals surface area contributed by atoms with E-state index in [2.05, 4.69) is 10.2 Å². The Morgan fingerprint density at radius 3 is 2.71 bits per heavy atom. The molecule has 0 aliphatic rings. The van der Waals surface area contributed by atoms with Crippen molar-refractivity contribution < 1.29 is 23.1 Å². The van der Waals surface area contributed by atoms with Gasteiger partial charge in [-0.3, -0.25) is 4.79 Å². The summed E-state index contributed by atoms with van der Waals surface area (Å²) in [5.74, 6) is 1.56. The van der Waals surface area contributed by atoms with E-state index in [1.54, 1.807) is 29.2 Å². The summed E-state index contributed by atoms with van der Waals surface area (Å²) in [4.78, 5) is 14.7. The van der Waals surface area contributed by atoms with E-state index in [9.17, 15) is 4.79 Å². The Kier molecular flexibility index (Phi) is 6.20. The zero-order valence-corrected chi connectivity index (χ0v) is 16.5. The number of ether oxygens (including phenoxy) is 2. The van der Waals surface area contributed by atoms with Crippen molar-refractivity contribution in [3.05, 3.63) is 47.0 Å². The fourth-order valence-corrected chi connectivity index (χ4v) is 3.01. The highest BCUT2D eigenvalue weighted by atomic mass is 35.5. The molecule has 0 atom stereocenters. The molecule has 3 rings (SSSR count). The van der Waals surface area contributed by atoms with Gasteiger partial charge >= 0.3 is 0 Å². The average molecular weight is 406 g/mol. The van der Waals surface area contributed by atoms with Gasteiger partial charge in [-0.15, -0.1) is 10.2 Å². The molecule has 148 valence electrons. The number of carbonyl (C=O) groups is 1. The summed E-state index contributed by atoms with van der Waals surface area (Å²) >= 11 is 6.23. The summed E-state index contributed by atoms with van der Waals surface area (Å²) in [5, 5.41) is 8.26. The number of carbonyl (C=O) groups excluding carboxylic acids is 1. The summed E-state index contributed by atoms with van der Waals surface area (Å²) in [7, 11) is 2.97. The van der Waals surface area contributed by atoms with E-state index in [0.29, 0.717) is 40.3 Å². The number of benzene rings is 1. The van der Waals surface area contributed by atoms with Gasteiger partial charge in [0.25, 0.3) is 11.8 Å². The van der Waals surface area contributed by atoms with Crippen molar-refractivity contribution >= 4 is 17.5 Å². The van der Waals surface area contributed by atoms with Gasteiger partial charge < -0.3 is 23.2 Å². The van der Waals surface area contributed by atoms with Crippen LogP contribution in [-0.2, 0) is 6.54 Å². The van der Waals surface area contributed by atoms with Crippen LogP contribution >= 0.6 is 11.6 Å². The van der Waals surface area contributed by atoms with Crippen molar-refractivity contribution in [3.8, 4) is 23.1 Å². The van der Waals surface area contributed by atoms with Crippen LogP contribution in [0.4, 0.5) is 0 Å². The number of amides is 1. The van der Waals surface area contributed by atoms with Crippen molar-refractivity contribution in [2.75, 3.05) is 20.8 Å². The first kappa shape index (κ1) is 19.8. The molecule has 8 nitrogen and oxygen atoms in total. The predicted molar refractivity (Wildman–Crippen MR) is 102 cm³/mol. The van der Waals surface area contributed by atoms with Crippen LogP contribution in [0, 0.1) is 0 Å². The van der Waals surface area contributed by atoms with Gasteiger partial charge in [0.2, 0.25) is 5.89 Å². The summed E-state index contributed by atoms with van der Waals surface area (Å²) < 4.78 is 21.4. The van der Waals surface area contributed by atoms with E-state index in [1.165, 1.54) is 20.5 Å². The number of rotatable bonds is 8. The number of halogens is 1. The molecule has 0 spiro atoms. The molecule has 0 saturated heterocycles. The standard InChI is InChI=1S/C19H20ClN3O5/c1-4-7-23(11-16-21-22-18(28-16)14-6-5-8-27-14)19(24)12-9-13(20)17(26-3)15(10-12)25-2/h5-6,8-10H,4,7,11H2,1-3H3. The molecular weight excluding hydrogens is 386 g/mol. The van der Waals surface area contributed by atoms with Gasteiger partial charge in [-0.05, 0) is 30.7 Å². The molecule has 1 amide bonds. The Labute approximate surface area is 167 Å². The highest BCUT2D eigenvalue weighted by Crippen LogP contribution is 2.36. The van der Waals surface area contributed by atoms with Crippen molar-refractivity contribution in [1.29, 1.82) is 0 Å². The molecule has 0 saturated carbocycles. The largest absolute Gasteiger partial charge is 0.493 e. The smallest absolute Gasteiger partial charge is 0.283 e. The molecular formula is C19H20ClN3O5. The molecule has 0 fully saturated rings. The maximum atomic E-state index is 13.1. The molecule has 0 aliphatic heterocycles. The fraction of sp³-hybridized carbons (Fsp3) is 0.316. The third kappa shape index (κ3) is 4.12. The molecule has 2 heterocycles. The van der Waals surface area contributed by atoms with E-state index < -0.39 is 0 Å². The van der Waals surface area contributed by atoms with Crippen molar-refractivity contribution in [2.24, 2.45) is 0 Å². The summed E-state index contributed by atoms with van der Waals surface area (Å²) in [6, 6.07) is 6.60. The van der Waals surface area contributed by atoms with Crippen LogP contribution in [0.3, 0.4) is 0 Å². The molecule has 0 bridgehead atoms. The number of aromatic nitrogens is 2. The average Bonchev–Trinajstić information content (AvgIpc) is 3.38. The Bertz CT molecular complexity index is 939. The van der Waals surface area contributed by atoms with Crippen LogP contribution in [0.5, 0.6) is 11.5 Å². The lowest BCUT2D eigenvalue weighted by molar-refractivity contribution is 0.0728. The number of hydrogen-bond donors (Lipinski definition) is 0. The van der Waals surface area contributed by atoms with Crippen LogP contribution < -0.4 is 9.47 Å². The molecule has 1 aromatic carbocycles. The number of methoxy groups -OCH3 is 2. The molecule has 3 aromatic rings. The first-order chi connectivity index (χ1) is 13.6. The van der Waals surface area contributed by atoms with Gasteiger partial charge in [0.05, 0.1) is 32.1 Å². The second-order valence-corrected chi connectivity index (χ2v) is 6.31. The minimum atomic E-state index is -0.234. The lowest BCUT2D eigenvalue weighted by Crippen LogP contribution is -2.31. The lowest BCUT2D eigenvalue weighted by Gasteiger charge is -2.21. The number of furan rings is 1. The summed E-state index contributed by atoms with van der Waals surface area (Å²) in [6.45, 7) is 2.64. The highest BCUT2D eigenvalue weighted by Gasteiger charge is 2.22. The van der Waals surface area contributed by atoms with Crippen molar-refractivity contribution in [2.45, 2.75) is 19.9 Å². The van der Waals surface area contributed by atoms with Gasteiger partial charge in [0, 0.05) is 12.1 Å². The maximum absolute atomic E-state index is 13.1. The topological polar surface area (TPSA) is 90.8 Å². The third-order valence-corrected chi connectivity index (χ3v) is 4.27. The fourth-order valence-electron chi connectivity index (χ4n) is 2.73. The maximum Gasteiger partial charge on any atom is 0.283 e. The van der Waals surface area contributed by atoms with E-state index in [0.717, 1.165) is 6.42 Å². The number of hydrogen-bond acceptors (Lipinski definition) is 7. The zero-order valence-electron chi connectivity index (χ0n) is 15.8. The normalized spacial score (nSPS) is 10.7. The van der Waals surface area contributed by atoms with E-state index in [1.807, 2.05) is 6.92 Å². The van der Waals surface area contributed by atoms with Crippen LogP contribution in [0.1, 0.15) is 29.6 Å². The Morgan fingerprint density at radius 2 is 2.07 bits per heavy atom. The molecule has 2 aromatic heterocycles. The Morgan fingerprint density at radius 1 is 1.25 bits per heavy atom. The van der Waals surface area contributed by atoms with Crippen molar-refractivity contribution in [3.63, 3.8) is 0 Å². The lowest BCUT2D eigenvalue weighted by atomic mass is 10.1. The number of nitrogens with zero attached hydrogens (tertiary/aromatic N) is 3.